The molecule has 5 heteroatoms. The molecule has 0 amide bonds. The summed E-state index contributed by atoms with van der Waals surface area (Å²) in [5.41, 5.74) is 0. The van der Waals surface area contributed by atoms with Gasteiger partial charge in [0.15, 0.2) is 0 Å². The Hall–Kier alpha value is 0.647. The monoisotopic (exact) mass is 128 g/mol. The third-order valence-corrected chi connectivity index (χ3v) is 0. The summed E-state index contributed by atoms with van der Waals surface area (Å²) in [5.74, 6) is 0. The number of hydrogen-bond acceptors (Lipinski definition) is 2. The van der Waals surface area contributed by atoms with Crippen LogP contribution in [-0.4, -0.2) is 0 Å². The Balaban J connectivity index is -0.0000000105. The van der Waals surface area contributed by atoms with Crippen LogP contribution in [0.4, 0.5) is 4.39 Å². The van der Waals surface area contributed by atoms with Crippen molar-refractivity contribution in [1.82, 2.24) is 0 Å². The normalized spacial score (nSPS) is 3.00. The van der Waals surface area contributed by atoms with Crippen molar-refractivity contribution in [3.63, 3.8) is 0 Å². The van der Waals surface area contributed by atoms with Gasteiger partial charge in [0, 0.05) is 0 Å². The van der Waals surface area contributed by atoms with Crippen molar-refractivity contribution in [2.75, 3.05) is 0 Å². The molecule has 0 saturated carbocycles. The summed E-state index contributed by atoms with van der Waals surface area (Å²) in [6, 6.07) is 0. The molecule has 0 unspecified atom stereocenters. The van der Waals surface area contributed by atoms with Crippen LogP contribution in [0.3, 0.4) is 0 Å². The predicted molar refractivity (Wildman–Crippen MR) is 8.95 cm³/mol. The second-order valence-corrected chi connectivity index (χ2v) is 0.260. The molecule has 0 aliphatic carbocycles. The van der Waals surface area contributed by atoms with Crippen molar-refractivity contribution in [1.29, 1.82) is 0 Å². The van der Waals surface area contributed by atoms with Crippen LogP contribution in [-0.2, 0) is 22.5 Å². The van der Waals surface area contributed by atoms with E-state index < -0.39 is 14.8 Å². The fraction of sp³-hybridized carbons (Fsp3) is 0. The van der Waals surface area contributed by atoms with Gasteiger partial charge in [-0.25, -0.2) is 0 Å². The molecular formula is CH3FLiMnO2-. The van der Waals surface area contributed by atoms with Gasteiger partial charge < -0.3 is 5.82 Å². The van der Waals surface area contributed by atoms with Crippen molar-refractivity contribution < 1.29 is 47.2 Å². The Kier molecular flexibility index (Phi) is 119. The molecule has 0 heterocycles. The van der Waals surface area contributed by atoms with Gasteiger partial charge in [0.25, 0.3) is 0 Å². The zero-order chi connectivity index (χ0) is 4.71. The minimum atomic E-state index is -1.44. The van der Waals surface area contributed by atoms with Gasteiger partial charge in [0.05, 0.1) is 0 Å². The summed E-state index contributed by atoms with van der Waals surface area (Å²) in [7, 11) is 1.75. The summed E-state index contributed by atoms with van der Waals surface area (Å²) in [5, 5.41) is 0. The Morgan fingerprint density at radius 2 is 1.50 bits per heavy atom. The van der Waals surface area contributed by atoms with Gasteiger partial charge in [-0.3, -0.25) is 0 Å². The maximum atomic E-state index is 9.25. The molecule has 0 saturated heterocycles. The molecule has 35 valence electrons. The summed E-state index contributed by atoms with van der Waals surface area (Å²) >= 11 is -1.44. The van der Waals surface area contributed by atoms with Crippen LogP contribution in [0.25, 0.3) is 0 Å². The van der Waals surface area contributed by atoms with Gasteiger partial charge in [0.1, 0.15) is 0 Å². The van der Waals surface area contributed by atoms with Gasteiger partial charge >= 0.3 is 41.4 Å². The van der Waals surface area contributed by atoms with E-state index in [0.29, 0.717) is 0 Å². The van der Waals surface area contributed by atoms with E-state index in [2.05, 4.69) is 0 Å². The zero-order valence-electron chi connectivity index (χ0n) is 4.28. The fourth-order valence-corrected chi connectivity index (χ4v) is 0. The third-order valence-electron chi connectivity index (χ3n) is 0. The van der Waals surface area contributed by atoms with Gasteiger partial charge in [0.2, 0.25) is 0 Å². The van der Waals surface area contributed by atoms with E-state index in [1.165, 1.54) is 0 Å². The molecule has 0 fully saturated rings. The van der Waals surface area contributed by atoms with Crippen molar-refractivity contribution in [3.8, 4) is 0 Å². The molecule has 0 aromatic rings. The molecule has 6 heavy (non-hydrogen) atoms. The van der Waals surface area contributed by atoms with E-state index >= 15 is 0 Å². The van der Waals surface area contributed by atoms with E-state index in [-0.39, 0.29) is 20.3 Å². The number of halogens is 1. The fourth-order valence-electron chi connectivity index (χ4n) is 0. The van der Waals surface area contributed by atoms with Crippen LogP contribution >= 0.6 is 0 Å². The Labute approximate surface area is 54.7 Å². The van der Waals surface area contributed by atoms with Crippen LogP contribution in [0.1, 0.15) is 1.43 Å². The van der Waals surface area contributed by atoms with Crippen LogP contribution in [0.5, 0.6) is 0 Å². The minimum absolute atomic E-state index is 0. The first kappa shape index (κ1) is 15.9. The predicted octanol–water partition coefficient (Wildman–Crippen LogP) is -2.38. The van der Waals surface area contributed by atoms with Gasteiger partial charge in [-0.15, -0.1) is 0 Å². The van der Waals surface area contributed by atoms with E-state index in [1.54, 1.807) is 7.18 Å². The summed E-state index contributed by atoms with van der Waals surface area (Å²) in [4.78, 5) is 0. The second kappa shape index (κ2) is 45.0. The SMILES string of the molecule is [CH2-]F.[H-].[Li+].[O]=[Mn]=[O]. The molecule has 0 spiro atoms. The van der Waals surface area contributed by atoms with Gasteiger partial charge in [-0.05, 0) is 0 Å². The molecule has 0 aromatic carbocycles. The quantitative estimate of drug-likeness (QED) is 0.269. The topological polar surface area (TPSA) is 34.1 Å². The zero-order valence-corrected chi connectivity index (χ0v) is 4.46. The molecular weight excluding hydrogens is 125 g/mol. The summed E-state index contributed by atoms with van der Waals surface area (Å²) in [6.07, 6.45) is 0. The number of rotatable bonds is 0. The van der Waals surface area contributed by atoms with Crippen molar-refractivity contribution in [3.05, 3.63) is 7.18 Å². The first-order valence-corrected chi connectivity index (χ1v) is 1.54. The molecule has 0 aliphatic heterocycles. The van der Waals surface area contributed by atoms with Gasteiger partial charge in [-0.2, -0.15) is 7.18 Å². The third kappa shape index (κ3) is 148. The van der Waals surface area contributed by atoms with E-state index in [0.717, 1.165) is 0 Å². The first-order valence-electron chi connectivity index (χ1n) is 0.576. The number of hydrogen-bond donors (Lipinski definition) is 0. The Morgan fingerprint density at radius 3 is 1.50 bits per heavy atom. The molecule has 2 nitrogen and oxygen atoms in total. The van der Waals surface area contributed by atoms with Crippen LogP contribution in [0, 0.1) is 7.18 Å². The maximum absolute atomic E-state index is 9.25. The van der Waals surface area contributed by atoms with E-state index in [1.807, 2.05) is 0 Å². The van der Waals surface area contributed by atoms with Crippen LogP contribution < -0.4 is 18.9 Å². The average molecular weight is 128 g/mol. The van der Waals surface area contributed by atoms with Crippen molar-refractivity contribution in [2.45, 2.75) is 0 Å². The molecule has 0 aliphatic rings. The average Bonchev–Trinajstić information content (AvgIpc) is 1.46. The molecule has 0 aromatic heterocycles. The molecule has 0 atom stereocenters. The van der Waals surface area contributed by atoms with Crippen molar-refractivity contribution >= 4 is 0 Å². The second-order valence-electron chi connectivity index (χ2n) is 0.0630. The molecule has 0 bridgehead atoms. The van der Waals surface area contributed by atoms with Crippen molar-refractivity contribution in [2.24, 2.45) is 0 Å². The first-order chi connectivity index (χ1) is 2.41. The van der Waals surface area contributed by atoms with Crippen LogP contribution in [0.2, 0.25) is 0 Å². The molecule has 0 radical (unpaired) electrons. The van der Waals surface area contributed by atoms with Crippen LogP contribution in [0.15, 0.2) is 0 Å². The van der Waals surface area contributed by atoms with Gasteiger partial charge in [-0.1, -0.05) is 0 Å². The Bertz CT molecular complexity index is 38.7. The van der Waals surface area contributed by atoms with E-state index in [4.69, 9.17) is 7.67 Å². The Morgan fingerprint density at radius 1 is 1.50 bits per heavy atom. The summed E-state index contributed by atoms with van der Waals surface area (Å²) < 4.78 is 26.1. The molecule has 0 N–H and O–H groups in total. The molecule has 0 rings (SSSR count). The standard InChI is InChI=1S/CH2F.Li.Mn.2O.H/c1-2;;;;;/h1H2;;;;;/q-1;+1;;;;-1. The summed E-state index contributed by atoms with van der Waals surface area (Å²) in [6.45, 7) is 0. The van der Waals surface area contributed by atoms with E-state index in [9.17, 15) is 4.39 Å².